The van der Waals surface area contributed by atoms with E-state index in [-0.39, 0.29) is 35.5 Å². The monoisotopic (exact) mass is 394 g/mol. The Balaban J connectivity index is 0.00000208. The highest BCUT2D eigenvalue weighted by Crippen LogP contribution is 2.28. The summed E-state index contributed by atoms with van der Waals surface area (Å²) in [6.45, 7) is 1.46. The third kappa shape index (κ3) is 4.77. The van der Waals surface area contributed by atoms with Gasteiger partial charge in [0.15, 0.2) is 11.6 Å². The fourth-order valence-corrected chi connectivity index (χ4v) is 5.63. The van der Waals surface area contributed by atoms with Gasteiger partial charge in [-0.1, -0.05) is 6.07 Å². The van der Waals surface area contributed by atoms with E-state index in [2.05, 4.69) is 10.6 Å². The van der Waals surface area contributed by atoms with Crippen LogP contribution in [0.4, 0.5) is 8.78 Å². The highest BCUT2D eigenvalue weighted by atomic mass is 35.5. The number of hydrogen-bond acceptors (Lipinski definition) is 4. The number of carbonyl (C=O) groups is 1. The second-order valence-corrected chi connectivity index (χ2v) is 8.28. The van der Waals surface area contributed by atoms with Gasteiger partial charge in [-0.2, -0.15) is 11.8 Å². The van der Waals surface area contributed by atoms with Gasteiger partial charge in [0.05, 0.1) is 5.25 Å². The number of hydrogen-bond donors (Lipinski definition) is 2. The number of carbonyl (C=O) groups excluding carboxylic acids is 1. The van der Waals surface area contributed by atoms with Crippen LogP contribution in [0.3, 0.4) is 0 Å². The lowest BCUT2D eigenvalue weighted by Crippen LogP contribution is -2.52. The third-order valence-electron chi connectivity index (χ3n) is 4.29. The van der Waals surface area contributed by atoms with E-state index < -0.39 is 11.6 Å². The zero-order valence-electron chi connectivity index (χ0n) is 13.1. The quantitative estimate of drug-likeness (QED) is 0.827. The number of thioether (sulfide) groups is 2. The molecule has 0 saturated carbocycles. The molecule has 24 heavy (non-hydrogen) atoms. The van der Waals surface area contributed by atoms with Crippen molar-refractivity contribution >= 4 is 41.8 Å². The topological polar surface area (TPSA) is 41.1 Å². The lowest BCUT2D eigenvalue weighted by atomic mass is 9.86. The molecular formula is C16H21ClF2N2OS2. The largest absolute Gasteiger partial charge is 0.350 e. The van der Waals surface area contributed by atoms with Gasteiger partial charge in [0.25, 0.3) is 0 Å². The van der Waals surface area contributed by atoms with Crippen molar-refractivity contribution in [3.63, 3.8) is 0 Å². The van der Waals surface area contributed by atoms with Gasteiger partial charge in [-0.25, -0.2) is 8.78 Å². The Morgan fingerprint density at radius 1 is 1.25 bits per heavy atom. The van der Waals surface area contributed by atoms with Gasteiger partial charge in [-0.15, -0.1) is 24.2 Å². The van der Waals surface area contributed by atoms with Gasteiger partial charge in [0.2, 0.25) is 5.91 Å². The molecule has 3 unspecified atom stereocenters. The van der Waals surface area contributed by atoms with Crippen molar-refractivity contribution in [2.75, 3.05) is 30.3 Å². The highest BCUT2D eigenvalue weighted by molar-refractivity contribution is 8.07. The molecule has 134 valence electrons. The van der Waals surface area contributed by atoms with Crippen molar-refractivity contribution in [1.29, 1.82) is 0 Å². The Morgan fingerprint density at radius 2 is 2.08 bits per heavy atom. The number of piperidine rings is 1. The summed E-state index contributed by atoms with van der Waals surface area (Å²) in [4.78, 5) is 12.5. The van der Waals surface area contributed by atoms with Crippen molar-refractivity contribution < 1.29 is 13.6 Å². The molecule has 0 radical (unpaired) electrons. The fourth-order valence-electron chi connectivity index (χ4n) is 3.07. The van der Waals surface area contributed by atoms with E-state index in [0.29, 0.717) is 6.54 Å². The molecule has 1 aromatic carbocycles. The molecule has 0 aromatic heterocycles. The molecule has 2 aliphatic heterocycles. The molecule has 2 fully saturated rings. The molecule has 1 amide bonds. The lowest BCUT2D eigenvalue weighted by Gasteiger charge is -2.34. The average molecular weight is 395 g/mol. The Morgan fingerprint density at radius 3 is 2.79 bits per heavy atom. The molecule has 0 spiro atoms. The summed E-state index contributed by atoms with van der Waals surface area (Å²) in [5, 5.41) is 6.38. The van der Waals surface area contributed by atoms with Gasteiger partial charge in [0.1, 0.15) is 0 Å². The minimum Gasteiger partial charge on any atom is -0.350 e. The lowest BCUT2D eigenvalue weighted by molar-refractivity contribution is -0.121. The number of nitrogens with one attached hydrogen (secondary N) is 2. The second-order valence-electron chi connectivity index (χ2n) is 5.82. The first kappa shape index (κ1) is 19.8. The molecule has 1 aromatic rings. The van der Waals surface area contributed by atoms with Crippen molar-refractivity contribution in [2.45, 2.75) is 23.6 Å². The Bertz CT molecular complexity index is 573. The summed E-state index contributed by atoms with van der Waals surface area (Å²) < 4.78 is 26.7. The van der Waals surface area contributed by atoms with Crippen molar-refractivity contribution in [2.24, 2.45) is 0 Å². The van der Waals surface area contributed by atoms with Gasteiger partial charge >= 0.3 is 0 Å². The SMILES string of the molecule is Cl.O=C(NC1CNCCC1c1ccc(F)c(F)c1)C1CSCCS1. The molecule has 3 nitrogen and oxygen atoms in total. The first-order valence-corrected chi connectivity index (χ1v) is 10.0. The maximum absolute atomic E-state index is 13.5. The van der Waals surface area contributed by atoms with Crippen LogP contribution in [0.15, 0.2) is 18.2 Å². The summed E-state index contributed by atoms with van der Waals surface area (Å²) in [5.41, 5.74) is 0.751. The minimum absolute atomic E-state index is 0. The Hall–Kier alpha value is -0.500. The summed E-state index contributed by atoms with van der Waals surface area (Å²) in [6, 6.07) is 3.96. The Kier molecular flexibility index (Phi) is 7.65. The summed E-state index contributed by atoms with van der Waals surface area (Å²) in [7, 11) is 0. The smallest absolute Gasteiger partial charge is 0.234 e. The van der Waals surface area contributed by atoms with Crippen LogP contribution < -0.4 is 10.6 Å². The van der Waals surface area contributed by atoms with Gasteiger partial charge in [-0.3, -0.25) is 4.79 Å². The van der Waals surface area contributed by atoms with Crippen LogP contribution in [0.5, 0.6) is 0 Å². The first-order chi connectivity index (χ1) is 11.1. The molecule has 2 aliphatic rings. The van der Waals surface area contributed by atoms with Crippen LogP contribution in [0.2, 0.25) is 0 Å². The van der Waals surface area contributed by atoms with E-state index in [0.717, 1.165) is 35.8 Å². The third-order valence-corrected chi connectivity index (χ3v) is 7.04. The standard InChI is InChI=1S/C16H20F2N2OS2.ClH/c17-12-2-1-10(7-13(12)18)11-3-4-19-8-14(11)20-16(21)15-9-22-5-6-23-15;/h1-2,7,11,14-15,19H,3-6,8-9H2,(H,20,21);1H. The van der Waals surface area contributed by atoms with Crippen molar-refractivity contribution in [3.05, 3.63) is 35.4 Å². The second kappa shape index (κ2) is 9.27. The molecule has 2 heterocycles. The van der Waals surface area contributed by atoms with Crippen LogP contribution in [0.25, 0.3) is 0 Å². The van der Waals surface area contributed by atoms with E-state index in [1.807, 2.05) is 0 Å². The van der Waals surface area contributed by atoms with Crippen LogP contribution in [0.1, 0.15) is 17.9 Å². The van der Waals surface area contributed by atoms with Crippen LogP contribution in [-0.2, 0) is 4.79 Å². The molecule has 2 N–H and O–H groups in total. The van der Waals surface area contributed by atoms with E-state index in [1.165, 1.54) is 12.1 Å². The summed E-state index contributed by atoms with van der Waals surface area (Å²) in [6.07, 6.45) is 0.794. The predicted octanol–water partition coefficient (Wildman–Crippen LogP) is 2.80. The number of benzene rings is 1. The molecule has 3 atom stereocenters. The molecule has 0 bridgehead atoms. The number of rotatable bonds is 3. The molecule has 0 aliphatic carbocycles. The first-order valence-electron chi connectivity index (χ1n) is 7.80. The molecule has 3 rings (SSSR count). The zero-order valence-corrected chi connectivity index (χ0v) is 15.5. The summed E-state index contributed by atoms with van der Waals surface area (Å²) in [5.74, 6) is 1.34. The normalized spacial score (nSPS) is 27.2. The van der Waals surface area contributed by atoms with Gasteiger partial charge < -0.3 is 10.6 Å². The van der Waals surface area contributed by atoms with Gasteiger partial charge in [-0.05, 0) is 30.7 Å². The number of halogens is 3. The van der Waals surface area contributed by atoms with E-state index >= 15 is 0 Å². The van der Waals surface area contributed by atoms with Crippen molar-refractivity contribution in [1.82, 2.24) is 10.6 Å². The fraction of sp³-hybridized carbons (Fsp3) is 0.562. The number of amides is 1. The Labute approximate surface area is 155 Å². The van der Waals surface area contributed by atoms with Crippen molar-refractivity contribution in [3.8, 4) is 0 Å². The van der Waals surface area contributed by atoms with Crippen LogP contribution >= 0.6 is 35.9 Å². The average Bonchev–Trinajstić information content (AvgIpc) is 2.59. The molecule has 2 saturated heterocycles. The van der Waals surface area contributed by atoms with E-state index in [4.69, 9.17) is 0 Å². The van der Waals surface area contributed by atoms with Crippen LogP contribution in [-0.4, -0.2) is 47.5 Å². The minimum atomic E-state index is -0.834. The maximum atomic E-state index is 13.5. The maximum Gasteiger partial charge on any atom is 0.234 e. The predicted molar refractivity (Wildman–Crippen MR) is 99.3 cm³/mol. The molecular weight excluding hydrogens is 374 g/mol. The summed E-state index contributed by atoms with van der Waals surface area (Å²) >= 11 is 3.50. The van der Waals surface area contributed by atoms with E-state index in [9.17, 15) is 13.6 Å². The highest BCUT2D eigenvalue weighted by Gasteiger charge is 2.31. The zero-order chi connectivity index (χ0) is 16.2. The van der Waals surface area contributed by atoms with E-state index in [1.54, 1.807) is 29.6 Å². The molecule has 8 heteroatoms. The van der Waals surface area contributed by atoms with Crippen LogP contribution in [0, 0.1) is 11.6 Å². The van der Waals surface area contributed by atoms with Gasteiger partial charge in [0, 0.05) is 35.8 Å².